The van der Waals surface area contributed by atoms with Crippen LogP contribution in [0.5, 0.6) is 0 Å². The predicted octanol–water partition coefficient (Wildman–Crippen LogP) is 3.39. The molecular formula is C12H15ClO. The molecule has 1 atom stereocenters. The van der Waals surface area contributed by atoms with Gasteiger partial charge in [-0.15, -0.1) is 0 Å². The van der Waals surface area contributed by atoms with Gasteiger partial charge in [-0.1, -0.05) is 41.9 Å². The highest BCUT2D eigenvalue weighted by Crippen LogP contribution is 2.08. The summed E-state index contributed by atoms with van der Waals surface area (Å²) in [6, 6.07) is 10.4. The fourth-order valence-corrected chi connectivity index (χ4v) is 1.49. The second-order valence-corrected chi connectivity index (χ2v) is 3.37. The van der Waals surface area contributed by atoms with Gasteiger partial charge >= 0.3 is 0 Å². The molecule has 0 radical (unpaired) electrons. The van der Waals surface area contributed by atoms with Gasteiger partial charge in [-0.2, -0.15) is 0 Å². The van der Waals surface area contributed by atoms with Crippen LogP contribution in [-0.4, -0.2) is 13.2 Å². The molecule has 0 bridgehead atoms. The second kappa shape index (κ2) is 6.63. The molecule has 1 aromatic rings. The molecule has 0 fully saturated rings. The highest BCUT2D eigenvalue weighted by molar-refractivity contribution is 6.25. The van der Waals surface area contributed by atoms with Crippen molar-refractivity contribution in [1.29, 1.82) is 0 Å². The van der Waals surface area contributed by atoms with Crippen molar-refractivity contribution in [1.82, 2.24) is 0 Å². The van der Waals surface area contributed by atoms with Gasteiger partial charge in [-0.25, -0.2) is 0 Å². The van der Waals surface area contributed by atoms with E-state index in [2.05, 4.69) is 24.3 Å². The van der Waals surface area contributed by atoms with E-state index >= 15 is 0 Å². The van der Waals surface area contributed by atoms with Crippen LogP contribution in [0.3, 0.4) is 0 Å². The van der Waals surface area contributed by atoms with E-state index in [1.807, 2.05) is 12.1 Å². The summed E-state index contributed by atoms with van der Waals surface area (Å²) in [7, 11) is 1.70. The second-order valence-electron chi connectivity index (χ2n) is 3.12. The predicted molar refractivity (Wildman–Crippen MR) is 60.6 cm³/mol. The zero-order valence-corrected chi connectivity index (χ0v) is 9.08. The van der Waals surface area contributed by atoms with Crippen molar-refractivity contribution in [3.8, 4) is 0 Å². The third kappa shape index (κ3) is 3.95. The molecule has 1 aromatic carbocycles. The van der Waals surface area contributed by atoms with Crippen molar-refractivity contribution >= 4 is 11.6 Å². The molecule has 0 heterocycles. The van der Waals surface area contributed by atoms with E-state index in [0.29, 0.717) is 0 Å². The van der Waals surface area contributed by atoms with Crippen LogP contribution in [0.4, 0.5) is 0 Å². The van der Waals surface area contributed by atoms with Gasteiger partial charge < -0.3 is 4.74 Å². The maximum absolute atomic E-state index is 5.50. The topological polar surface area (TPSA) is 9.23 Å². The first-order valence-corrected chi connectivity index (χ1v) is 5.14. The standard InChI is InChI=1S/C12H15ClO/c1-14-12(9-10-13)8-7-11-5-3-2-4-6-11/h2-6,9-10,12H,7-8H2,1H3/b10-9-. The molecule has 0 spiro atoms. The van der Waals surface area contributed by atoms with Gasteiger partial charge in [0.25, 0.3) is 0 Å². The van der Waals surface area contributed by atoms with Gasteiger partial charge in [0.2, 0.25) is 0 Å². The van der Waals surface area contributed by atoms with Crippen LogP contribution in [0.1, 0.15) is 12.0 Å². The van der Waals surface area contributed by atoms with Crippen LogP contribution in [0.15, 0.2) is 41.9 Å². The summed E-state index contributed by atoms with van der Waals surface area (Å²) in [5.74, 6) is 0. The molecule has 0 aliphatic heterocycles. The molecule has 1 unspecified atom stereocenters. The van der Waals surface area contributed by atoms with E-state index in [9.17, 15) is 0 Å². The van der Waals surface area contributed by atoms with Gasteiger partial charge in [-0.05, 0) is 24.5 Å². The van der Waals surface area contributed by atoms with Crippen LogP contribution in [0.2, 0.25) is 0 Å². The summed E-state index contributed by atoms with van der Waals surface area (Å²) < 4.78 is 5.24. The molecule has 0 saturated carbocycles. The van der Waals surface area contributed by atoms with Crippen LogP contribution >= 0.6 is 11.6 Å². The number of hydrogen-bond acceptors (Lipinski definition) is 1. The molecule has 0 N–H and O–H groups in total. The molecule has 2 heteroatoms. The zero-order chi connectivity index (χ0) is 10.2. The molecule has 0 amide bonds. The Hall–Kier alpha value is -0.790. The van der Waals surface area contributed by atoms with E-state index in [0.717, 1.165) is 12.8 Å². The van der Waals surface area contributed by atoms with Crippen LogP contribution in [0, 0.1) is 0 Å². The Bertz CT molecular complexity index is 269. The number of hydrogen-bond donors (Lipinski definition) is 0. The lowest BCUT2D eigenvalue weighted by Gasteiger charge is -2.09. The first-order valence-electron chi connectivity index (χ1n) is 4.70. The van der Waals surface area contributed by atoms with Crippen molar-refractivity contribution in [2.75, 3.05) is 7.11 Å². The average Bonchev–Trinajstić information content (AvgIpc) is 2.25. The number of methoxy groups -OCH3 is 1. The first kappa shape index (κ1) is 11.3. The van der Waals surface area contributed by atoms with Gasteiger partial charge in [0.1, 0.15) is 0 Å². The van der Waals surface area contributed by atoms with Crippen molar-refractivity contribution in [3.63, 3.8) is 0 Å². The lowest BCUT2D eigenvalue weighted by atomic mass is 10.1. The first-order chi connectivity index (χ1) is 6.86. The molecule has 0 aliphatic rings. The number of rotatable bonds is 5. The van der Waals surface area contributed by atoms with Crippen molar-refractivity contribution in [3.05, 3.63) is 47.5 Å². The van der Waals surface area contributed by atoms with Crippen LogP contribution in [-0.2, 0) is 11.2 Å². The summed E-state index contributed by atoms with van der Waals surface area (Å²) in [5, 5.41) is 0. The smallest absolute Gasteiger partial charge is 0.0766 e. The Morgan fingerprint density at radius 1 is 1.36 bits per heavy atom. The highest BCUT2D eigenvalue weighted by Gasteiger charge is 2.02. The summed E-state index contributed by atoms with van der Waals surface area (Å²) in [6.07, 6.45) is 3.96. The maximum Gasteiger partial charge on any atom is 0.0766 e. The SMILES string of the molecule is COC(/C=C\Cl)CCc1ccccc1. The van der Waals surface area contributed by atoms with Gasteiger partial charge in [0.15, 0.2) is 0 Å². The summed E-state index contributed by atoms with van der Waals surface area (Å²) in [5.41, 5.74) is 2.84. The lowest BCUT2D eigenvalue weighted by Crippen LogP contribution is -2.07. The molecular weight excluding hydrogens is 196 g/mol. The monoisotopic (exact) mass is 210 g/mol. The molecule has 0 aromatic heterocycles. The largest absolute Gasteiger partial charge is 0.377 e. The van der Waals surface area contributed by atoms with E-state index in [1.54, 1.807) is 7.11 Å². The maximum atomic E-state index is 5.50. The third-order valence-corrected chi connectivity index (χ3v) is 2.30. The summed E-state index contributed by atoms with van der Waals surface area (Å²) in [6.45, 7) is 0. The minimum atomic E-state index is 0.118. The van der Waals surface area contributed by atoms with E-state index < -0.39 is 0 Å². The van der Waals surface area contributed by atoms with Crippen LogP contribution < -0.4 is 0 Å². The quantitative estimate of drug-likeness (QED) is 0.724. The zero-order valence-electron chi connectivity index (χ0n) is 8.32. The third-order valence-electron chi connectivity index (χ3n) is 2.15. The highest BCUT2D eigenvalue weighted by atomic mass is 35.5. The fourth-order valence-electron chi connectivity index (χ4n) is 1.33. The Balaban J connectivity index is 2.39. The average molecular weight is 211 g/mol. The minimum Gasteiger partial charge on any atom is -0.377 e. The number of halogens is 1. The molecule has 14 heavy (non-hydrogen) atoms. The molecule has 1 nitrogen and oxygen atoms in total. The Labute approximate surface area is 90.3 Å². The summed E-state index contributed by atoms with van der Waals surface area (Å²) >= 11 is 5.50. The van der Waals surface area contributed by atoms with Crippen LogP contribution in [0.25, 0.3) is 0 Å². The van der Waals surface area contributed by atoms with Gasteiger partial charge in [0.05, 0.1) is 6.10 Å². The van der Waals surface area contributed by atoms with Gasteiger partial charge in [0, 0.05) is 12.6 Å². The molecule has 0 saturated heterocycles. The van der Waals surface area contributed by atoms with E-state index in [4.69, 9.17) is 16.3 Å². The normalized spacial score (nSPS) is 13.3. The molecule has 0 aliphatic carbocycles. The Morgan fingerprint density at radius 2 is 2.07 bits per heavy atom. The lowest BCUT2D eigenvalue weighted by molar-refractivity contribution is 0.134. The number of ether oxygens (including phenoxy) is 1. The fraction of sp³-hybridized carbons (Fsp3) is 0.333. The minimum absolute atomic E-state index is 0.118. The molecule has 1 rings (SSSR count). The van der Waals surface area contributed by atoms with E-state index in [1.165, 1.54) is 11.1 Å². The number of benzene rings is 1. The molecule has 76 valence electrons. The Kier molecular flexibility index (Phi) is 5.35. The summed E-state index contributed by atoms with van der Waals surface area (Å²) in [4.78, 5) is 0. The van der Waals surface area contributed by atoms with Gasteiger partial charge in [-0.3, -0.25) is 0 Å². The van der Waals surface area contributed by atoms with Crippen molar-refractivity contribution in [2.24, 2.45) is 0 Å². The Morgan fingerprint density at radius 3 is 2.64 bits per heavy atom. The van der Waals surface area contributed by atoms with Crippen molar-refractivity contribution in [2.45, 2.75) is 18.9 Å². The van der Waals surface area contributed by atoms with Crippen molar-refractivity contribution < 1.29 is 4.74 Å². The number of aryl methyl sites for hydroxylation is 1. The van der Waals surface area contributed by atoms with E-state index in [-0.39, 0.29) is 6.10 Å².